The molecular weight excluding hydrogens is 424 g/mol. The molecule has 2 heterocycles. The predicted molar refractivity (Wildman–Crippen MR) is 118 cm³/mol. The van der Waals surface area contributed by atoms with Crippen molar-refractivity contribution in [2.75, 3.05) is 18.2 Å². The van der Waals surface area contributed by atoms with Crippen molar-refractivity contribution in [2.24, 2.45) is 0 Å². The van der Waals surface area contributed by atoms with Gasteiger partial charge in [-0.15, -0.1) is 10.2 Å². The van der Waals surface area contributed by atoms with E-state index in [1.165, 1.54) is 11.8 Å². The number of fused-ring (bicyclic) bond motifs is 1. The van der Waals surface area contributed by atoms with Gasteiger partial charge in [0.25, 0.3) is 0 Å². The number of para-hydroxylation sites is 1. The van der Waals surface area contributed by atoms with E-state index in [-0.39, 0.29) is 11.7 Å². The molecule has 0 spiro atoms. The Morgan fingerprint density at radius 2 is 2.03 bits per heavy atom. The number of ether oxygens (including phenoxy) is 1. The number of halogens is 1. The topological polar surface area (TPSA) is 82.2 Å². The van der Waals surface area contributed by atoms with Gasteiger partial charge in [-0.05, 0) is 43.3 Å². The molecule has 0 aliphatic rings. The zero-order valence-corrected chi connectivity index (χ0v) is 18.0. The number of amides is 1. The number of carbonyl (C=O) groups is 1. The third-order valence-electron chi connectivity index (χ3n) is 4.44. The number of rotatable bonds is 7. The zero-order valence-electron chi connectivity index (χ0n) is 16.4. The summed E-state index contributed by atoms with van der Waals surface area (Å²) in [6.07, 6.45) is 0. The van der Waals surface area contributed by atoms with Crippen LogP contribution in [0.3, 0.4) is 0 Å². The molecule has 9 heteroatoms. The lowest BCUT2D eigenvalue weighted by atomic mass is 10.2. The van der Waals surface area contributed by atoms with Crippen LogP contribution in [0.1, 0.15) is 6.92 Å². The Morgan fingerprint density at radius 1 is 1.23 bits per heavy atom. The normalized spacial score (nSPS) is 11.0. The second-order valence-corrected chi connectivity index (χ2v) is 7.76. The number of furan rings is 1. The Hall–Kier alpha value is -2.97. The van der Waals surface area contributed by atoms with E-state index < -0.39 is 0 Å². The summed E-state index contributed by atoms with van der Waals surface area (Å²) in [5.74, 6) is 1.93. The number of hydrogen-bond acceptors (Lipinski definition) is 6. The second-order valence-electron chi connectivity index (χ2n) is 6.38. The summed E-state index contributed by atoms with van der Waals surface area (Å²) >= 11 is 7.19. The van der Waals surface area contributed by atoms with E-state index >= 15 is 0 Å². The molecule has 0 unspecified atom stereocenters. The van der Waals surface area contributed by atoms with Crippen LogP contribution in [0.15, 0.2) is 58.1 Å². The van der Waals surface area contributed by atoms with Crippen LogP contribution in [0.5, 0.6) is 5.75 Å². The van der Waals surface area contributed by atoms with E-state index in [4.69, 9.17) is 20.8 Å². The maximum atomic E-state index is 12.3. The van der Waals surface area contributed by atoms with Crippen molar-refractivity contribution in [1.29, 1.82) is 0 Å². The van der Waals surface area contributed by atoms with E-state index in [1.54, 1.807) is 31.4 Å². The predicted octanol–water partition coefficient (Wildman–Crippen LogP) is 5.10. The third kappa shape index (κ3) is 4.15. The summed E-state index contributed by atoms with van der Waals surface area (Å²) in [5.41, 5.74) is 1.36. The maximum Gasteiger partial charge on any atom is 0.234 e. The van der Waals surface area contributed by atoms with Gasteiger partial charge in [0.15, 0.2) is 22.2 Å². The molecule has 4 rings (SSSR count). The smallest absolute Gasteiger partial charge is 0.234 e. The van der Waals surface area contributed by atoms with Gasteiger partial charge < -0.3 is 14.5 Å². The number of methoxy groups -OCH3 is 1. The van der Waals surface area contributed by atoms with Crippen LogP contribution in [0, 0.1) is 0 Å². The molecule has 4 aromatic rings. The highest BCUT2D eigenvalue weighted by atomic mass is 35.5. The highest BCUT2D eigenvalue weighted by molar-refractivity contribution is 7.99. The van der Waals surface area contributed by atoms with Gasteiger partial charge in [-0.1, -0.05) is 35.5 Å². The minimum Gasteiger partial charge on any atom is -0.493 e. The minimum absolute atomic E-state index is 0.136. The molecule has 30 heavy (non-hydrogen) atoms. The number of thioether (sulfide) groups is 1. The highest BCUT2D eigenvalue weighted by Crippen LogP contribution is 2.33. The average molecular weight is 443 g/mol. The van der Waals surface area contributed by atoms with E-state index in [0.717, 1.165) is 5.39 Å². The van der Waals surface area contributed by atoms with Crippen LogP contribution < -0.4 is 10.1 Å². The Bertz CT molecular complexity index is 1190. The number of carbonyl (C=O) groups excluding carboxylic acids is 1. The standard InChI is InChI=1S/C21H19ClN4O3S/c1-3-26-20(17-11-13-5-4-6-16(28-2)19(13)29-17)24-25-21(26)30-12-18(27)23-15-9-7-14(22)8-10-15/h4-11H,3,12H2,1-2H3,(H,23,27). The van der Waals surface area contributed by atoms with Crippen molar-refractivity contribution >= 4 is 45.9 Å². The van der Waals surface area contributed by atoms with Gasteiger partial charge >= 0.3 is 0 Å². The second kappa shape index (κ2) is 8.81. The van der Waals surface area contributed by atoms with Crippen molar-refractivity contribution in [3.63, 3.8) is 0 Å². The molecule has 0 aliphatic heterocycles. The first-order chi connectivity index (χ1) is 14.6. The lowest BCUT2D eigenvalue weighted by molar-refractivity contribution is -0.113. The van der Waals surface area contributed by atoms with Gasteiger partial charge in [0.05, 0.1) is 12.9 Å². The number of benzene rings is 2. The summed E-state index contributed by atoms with van der Waals surface area (Å²) in [7, 11) is 1.61. The van der Waals surface area contributed by atoms with E-state index in [9.17, 15) is 4.79 Å². The molecule has 0 bridgehead atoms. The summed E-state index contributed by atoms with van der Waals surface area (Å²) in [4.78, 5) is 12.3. The molecule has 0 saturated carbocycles. The van der Waals surface area contributed by atoms with Gasteiger partial charge in [-0.3, -0.25) is 9.36 Å². The van der Waals surface area contributed by atoms with E-state index in [0.29, 0.717) is 45.3 Å². The first-order valence-corrected chi connectivity index (χ1v) is 10.6. The molecule has 2 aromatic heterocycles. The van der Waals surface area contributed by atoms with Crippen molar-refractivity contribution < 1.29 is 13.9 Å². The number of nitrogens with zero attached hydrogens (tertiary/aromatic N) is 3. The third-order valence-corrected chi connectivity index (χ3v) is 5.66. The van der Waals surface area contributed by atoms with Gasteiger partial charge in [0, 0.05) is 22.6 Å². The first kappa shape index (κ1) is 20.3. The molecule has 0 atom stereocenters. The largest absolute Gasteiger partial charge is 0.493 e. The van der Waals surface area contributed by atoms with Crippen LogP contribution in [0.25, 0.3) is 22.6 Å². The molecular formula is C21H19ClN4O3S. The Balaban J connectivity index is 1.51. The first-order valence-electron chi connectivity index (χ1n) is 9.27. The SMILES string of the molecule is CCn1c(SCC(=O)Nc2ccc(Cl)cc2)nnc1-c1cc2cccc(OC)c2o1. The summed E-state index contributed by atoms with van der Waals surface area (Å²) < 4.78 is 13.3. The number of aromatic nitrogens is 3. The monoisotopic (exact) mass is 442 g/mol. The van der Waals surface area contributed by atoms with Crippen molar-refractivity contribution in [3.05, 3.63) is 53.6 Å². The molecule has 0 saturated heterocycles. The summed E-state index contributed by atoms with van der Waals surface area (Å²) in [6, 6.07) is 14.6. The van der Waals surface area contributed by atoms with Crippen LogP contribution in [0.4, 0.5) is 5.69 Å². The lowest BCUT2D eigenvalue weighted by Gasteiger charge is -2.07. The Labute approximate surface area is 182 Å². The molecule has 0 fully saturated rings. The fourth-order valence-corrected chi connectivity index (χ4v) is 3.96. The van der Waals surface area contributed by atoms with Crippen LogP contribution in [-0.2, 0) is 11.3 Å². The number of anilines is 1. The number of hydrogen-bond donors (Lipinski definition) is 1. The molecule has 0 radical (unpaired) electrons. The van der Waals surface area contributed by atoms with E-state index in [1.807, 2.05) is 35.8 Å². The van der Waals surface area contributed by atoms with Crippen LogP contribution in [-0.4, -0.2) is 33.5 Å². The quantitative estimate of drug-likeness (QED) is 0.401. The molecule has 2 aromatic carbocycles. The fraction of sp³-hybridized carbons (Fsp3) is 0.190. The molecule has 1 N–H and O–H groups in total. The fourth-order valence-electron chi connectivity index (χ4n) is 3.03. The van der Waals surface area contributed by atoms with Crippen LogP contribution in [0.2, 0.25) is 5.02 Å². The highest BCUT2D eigenvalue weighted by Gasteiger charge is 2.19. The summed E-state index contributed by atoms with van der Waals surface area (Å²) in [6.45, 7) is 2.63. The van der Waals surface area contributed by atoms with Crippen molar-refractivity contribution in [3.8, 4) is 17.3 Å². The molecule has 154 valence electrons. The van der Waals surface area contributed by atoms with Crippen molar-refractivity contribution in [2.45, 2.75) is 18.6 Å². The van der Waals surface area contributed by atoms with Gasteiger partial charge in [-0.25, -0.2) is 0 Å². The number of nitrogens with one attached hydrogen (secondary N) is 1. The zero-order chi connectivity index (χ0) is 21.1. The van der Waals surface area contributed by atoms with Crippen LogP contribution >= 0.6 is 23.4 Å². The van der Waals surface area contributed by atoms with E-state index in [2.05, 4.69) is 15.5 Å². The van der Waals surface area contributed by atoms with Crippen molar-refractivity contribution in [1.82, 2.24) is 14.8 Å². The van der Waals surface area contributed by atoms with Gasteiger partial charge in [0.1, 0.15) is 0 Å². The molecule has 0 aliphatic carbocycles. The minimum atomic E-state index is -0.136. The average Bonchev–Trinajstić information content (AvgIpc) is 3.37. The lowest BCUT2D eigenvalue weighted by Crippen LogP contribution is -2.14. The summed E-state index contributed by atoms with van der Waals surface area (Å²) in [5, 5.41) is 13.6. The maximum absolute atomic E-state index is 12.3. The molecule has 1 amide bonds. The van der Waals surface area contributed by atoms with Gasteiger partial charge in [-0.2, -0.15) is 0 Å². The Morgan fingerprint density at radius 3 is 2.77 bits per heavy atom. The van der Waals surface area contributed by atoms with Gasteiger partial charge in [0.2, 0.25) is 11.7 Å². The molecule has 7 nitrogen and oxygen atoms in total. The Kier molecular flexibility index (Phi) is 5.96.